The highest BCUT2D eigenvalue weighted by Gasteiger charge is 2.33. The van der Waals surface area contributed by atoms with Crippen LogP contribution in [-0.4, -0.2) is 16.5 Å². The van der Waals surface area contributed by atoms with Crippen LogP contribution in [0.3, 0.4) is 0 Å². The van der Waals surface area contributed by atoms with Gasteiger partial charge in [-0.1, -0.05) is 13.0 Å². The molecule has 0 spiro atoms. The van der Waals surface area contributed by atoms with Crippen molar-refractivity contribution in [3.8, 4) is 0 Å². The topological polar surface area (TPSA) is 37.8 Å². The van der Waals surface area contributed by atoms with E-state index in [1.54, 1.807) is 0 Å². The van der Waals surface area contributed by atoms with Gasteiger partial charge in [0.25, 0.3) is 0 Å². The Morgan fingerprint density at radius 2 is 2.24 bits per heavy atom. The first-order valence-electron chi connectivity index (χ1n) is 7.18. The van der Waals surface area contributed by atoms with Crippen LogP contribution in [0, 0.1) is 0 Å². The summed E-state index contributed by atoms with van der Waals surface area (Å²) in [5.41, 5.74) is 3.65. The second kappa shape index (κ2) is 6.55. The average Bonchev–Trinajstić information content (AvgIpc) is 2.89. The van der Waals surface area contributed by atoms with Gasteiger partial charge in [0.15, 0.2) is 0 Å². The van der Waals surface area contributed by atoms with Gasteiger partial charge in [0, 0.05) is 33.0 Å². The molecule has 1 aliphatic carbocycles. The first-order chi connectivity index (χ1) is 10.2. The first-order valence-corrected chi connectivity index (χ1v) is 8.77. The number of nitrogens with zero attached hydrogens (tertiary/aromatic N) is 2. The number of hydrogen-bond acceptors (Lipinski definition) is 3. The van der Waals surface area contributed by atoms with Crippen molar-refractivity contribution in [3.05, 3.63) is 56.5 Å². The smallest absolute Gasteiger partial charge is 0.0722 e. The van der Waals surface area contributed by atoms with Crippen LogP contribution in [0.5, 0.6) is 0 Å². The second-order valence-electron chi connectivity index (χ2n) is 5.25. The van der Waals surface area contributed by atoms with Gasteiger partial charge < -0.3 is 5.32 Å². The number of aryl methyl sites for hydroxylation is 1. The zero-order valence-electron chi connectivity index (χ0n) is 11.8. The van der Waals surface area contributed by atoms with E-state index in [1.807, 2.05) is 18.5 Å². The molecule has 21 heavy (non-hydrogen) atoms. The Kier molecular flexibility index (Phi) is 4.72. The number of rotatable bonds is 4. The quantitative estimate of drug-likeness (QED) is 0.812. The van der Waals surface area contributed by atoms with Crippen molar-refractivity contribution in [2.24, 2.45) is 0 Å². The molecule has 1 N–H and O–H groups in total. The lowest BCUT2D eigenvalue weighted by atomic mass is 9.93. The molecule has 3 nitrogen and oxygen atoms in total. The largest absolute Gasteiger partial charge is 0.308 e. The number of halogens is 2. The molecule has 3 rings (SSSR count). The second-order valence-corrected chi connectivity index (χ2v) is 7.02. The summed E-state index contributed by atoms with van der Waals surface area (Å²) in [7, 11) is 0. The molecule has 2 unspecified atom stereocenters. The Morgan fingerprint density at radius 3 is 3.00 bits per heavy atom. The zero-order chi connectivity index (χ0) is 14.8. The Balaban J connectivity index is 1.99. The van der Waals surface area contributed by atoms with E-state index in [9.17, 15) is 0 Å². The zero-order valence-corrected chi connectivity index (χ0v) is 15.0. The third-order valence-electron chi connectivity index (χ3n) is 3.96. The molecule has 5 heteroatoms. The molecule has 0 fully saturated rings. The fraction of sp³-hybridized carbons (Fsp3) is 0.375. The molecule has 1 aliphatic rings. The summed E-state index contributed by atoms with van der Waals surface area (Å²) in [5, 5.41) is 3.59. The molecule has 0 aliphatic heterocycles. The van der Waals surface area contributed by atoms with Crippen LogP contribution in [0.15, 0.2) is 39.5 Å². The summed E-state index contributed by atoms with van der Waals surface area (Å²) in [5.74, 6) is 0.381. The lowest BCUT2D eigenvalue weighted by Gasteiger charge is -2.25. The van der Waals surface area contributed by atoms with Crippen molar-refractivity contribution in [3.63, 3.8) is 0 Å². The predicted molar refractivity (Wildman–Crippen MR) is 91.4 cm³/mol. The maximum Gasteiger partial charge on any atom is 0.0722 e. The number of likely N-dealkylation sites (N-methyl/N-ethyl adjacent to an activating group) is 1. The molecule has 2 heterocycles. The molecule has 0 bridgehead atoms. The number of hydrogen-bond donors (Lipinski definition) is 1. The highest BCUT2D eigenvalue weighted by Crippen LogP contribution is 2.41. The van der Waals surface area contributed by atoms with E-state index in [4.69, 9.17) is 0 Å². The molecule has 0 saturated carbocycles. The first kappa shape index (κ1) is 15.1. The summed E-state index contributed by atoms with van der Waals surface area (Å²) in [4.78, 5) is 9.25. The van der Waals surface area contributed by atoms with Crippen LogP contribution in [0.25, 0.3) is 0 Å². The van der Waals surface area contributed by atoms with Gasteiger partial charge in [0.05, 0.1) is 11.7 Å². The Hall–Kier alpha value is -0.780. The Bertz CT molecular complexity index is 645. The normalized spacial score (nSPS) is 18.5. The molecule has 2 aromatic rings. The van der Waals surface area contributed by atoms with E-state index in [2.05, 4.69) is 66.2 Å². The minimum absolute atomic E-state index is 0.189. The summed E-state index contributed by atoms with van der Waals surface area (Å²) >= 11 is 7.12. The molecule has 110 valence electrons. The molecule has 0 saturated heterocycles. The van der Waals surface area contributed by atoms with Crippen molar-refractivity contribution >= 4 is 31.9 Å². The minimum Gasteiger partial charge on any atom is -0.308 e. The average molecular weight is 411 g/mol. The molecule has 0 radical (unpaired) electrons. The summed E-state index contributed by atoms with van der Waals surface area (Å²) < 4.78 is 2.02. The minimum atomic E-state index is 0.189. The standard InChI is InChI=1S/C16H17Br2N3/c1-2-19-15(16-13(18)8-11(17)9-21-16)12-6-5-10-4-3-7-20-14(10)12/h3-4,7-9,12,15,19H,2,5-6H2,1H3. The van der Waals surface area contributed by atoms with E-state index >= 15 is 0 Å². The van der Waals surface area contributed by atoms with Gasteiger partial charge in [-0.25, -0.2) is 0 Å². The van der Waals surface area contributed by atoms with Crippen LogP contribution >= 0.6 is 31.9 Å². The number of nitrogens with one attached hydrogen (secondary N) is 1. The van der Waals surface area contributed by atoms with Gasteiger partial charge in [-0.3, -0.25) is 9.97 Å². The molecule has 2 atom stereocenters. The fourth-order valence-electron chi connectivity index (χ4n) is 3.07. The van der Waals surface area contributed by atoms with Crippen molar-refractivity contribution < 1.29 is 0 Å². The molecule has 0 amide bonds. The van der Waals surface area contributed by atoms with Crippen molar-refractivity contribution in [1.82, 2.24) is 15.3 Å². The van der Waals surface area contributed by atoms with Gasteiger partial charge in [-0.05, 0) is 68.9 Å². The molecular weight excluding hydrogens is 394 g/mol. The van der Waals surface area contributed by atoms with E-state index in [0.29, 0.717) is 5.92 Å². The van der Waals surface area contributed by atoms with Gasteiger partial charge >= 0.3 is 0 Å². The maximum absolute atomic E-state index is 4.63. The summed E-state index contributed by atoms with van der Waals surface area (Å²) in [6.07, 6.45) is 5.97. The monoisotopic (exact) mass is 409 g/mol. The van der Waals surface area contributed by atoms with E-state index < -0.39 is 0 Å². The Morgan fingerprint density at radius 1 is 1.38 bits per heavy atom. The van der Waals surface area contributed by atoms with E-state index in [0.717, 1.165) is 34.0 Å². The van der Waals surface area contributed by atoms with Crippen molar-refractivity contribution in [2.45, 2.75) is 31.7 Å². The van der Waals surface area contributed by atoms with Gasteiger partial charge in [-0.2, -0.15) is 0 Å². The van der Waals surface area contributed by atoms with Crippen LogP contribution in [0.4, 0.5) is 0 Å². The molecule has 2 aromatic heterocycles. The predicted octanol–water partition coefficient (Wildman–Crippen LogP) is 4.38. The summed E-state index contributed by atoms with van der Waals surface area (Å²) in [6.45, 7) is 3.04. The highest BCUT2D eigenvalue weighted by atomic mass is 79.9. The van der Waals surface area contributed by atoms with Gasteiger partial charge in [-0.15, -0.1) is 0 Å². The lowest BCUT2D eigenvalue weighted by molar-refractivity contribution is 0.436. The number of aromatic nitrogens is 2. The maximum atomic E-state index is 4.63. The van der Waals surface area contributed by atoms with Gasteiger partial charge in [0.1, 0.15) is 0 Å². The van der Waals surface area contributed by atoms with Crippen LogP contribution < -0.4 is 5.32 Å². The van der Waals surface area contributed by atoms with E-state index in [-0.39, 0.29) is 6.04 Å². The third kappa shape index (κ3) is 3.05. The van der Waals surface area contributed by atoms with Crippen LogP contribution in [-0.2, 0) is 6.42 Å². The van der Waals surface area contributed by atoms with Gasteiger partial charge in [0.2, 0.25) is 0 Å². The third-order valence-corrected chi connectivity index (χ3v) is 5.03. The van der Waals surface area contributed by atoms with Crippen LogP contribution in [0.2, 0.25) is 0 Å². The molecule has 0 aromatic carbocycles. The summed E-state index contributed by atoms with van der Waals surface area (Å²) in [6, 6.07) is 6.46. The molecular formula is C16H17Br2N3. The van der Waals surface area contributed by atoms with E-state index in [1.165, 1.54) is 11.3 Å². The van der Waals surface area contributed by atoms with Crippen LogP contribution in [0.1, 0.15) is 42.3 Å². The lowest BCUT2D eigenvalue weighted by Crippen LogP contribution is -2.27. The number of fused-ring (bicyclic) bond motifs is 1. The fourth-order valence-corrected chi connectivity index (χ4v) is 4.31. The van der Waals surface area contributed by atoms with Crippen molar-refractivity contribution in [2.75, 3.05) is 6.54 Å². The van der Waals surface area contributed by atoms with Crippen molar-refractivity contribution in [1.29, 1.82) is 0 Å². The number of pyridine rings is 2. The highest BCUT2D eigenvalue weighted by molar-refractivity contribution is 9.11. The SMILES string of the molecule is CCNC(c1ncc(Br)cc1Br)C1CCc2cccnc21. The Labute approximate surface area is 141 Å².